The van der Waals surface area contributed by atoms with Crippen molar-refractivity contribution in [1.29, 1.82) is 0 Å². The molecule has 2 aromatic carbocycles. The van der Waals surface area contributed by atoms with Gasteiger partial charge in [0.05, 0.1) is 13.7 Å². The van der Waals surface area contributed by atoms with Crippen molar-refractivity contribution in [2.24, 2.45) is 0 Å². The summed E-state index contributed by atoms with van der Waals surface area (Å²) in [7, 11) is 1.62. The third kappa shape index (κ3) is 8.79. The highest BCUT2D eigenvalue weighted by atomic mass is 16.5. The third-order valence-corrected chi connectivity index (χ3v) is 5.22. The van der Waals surface area contributed by atoms with E-state index in [2.05, 4.69) is 5.32 Å². The van der Waals surface area contributed by atoms with E-state index in [4.69, 9.17) is 9.47 Å². The molecule has 0 heterocycles. The van der Waals surface area contributed by atoms with Gasteiger partial charge in [-0.25, -0.2) is 0 Å². The summed E-state index contributed by atoms with van der Waals surface area (Å²) in [5, 5.41) is 3.03. The van der Waals surface area contributed by atoms with Gasteiger partial charge in [-0.3, -0.25) is 9.59 Å². The molecule has 0 unspecified atom stereocenters. The van der Waals surface area contributed by atoms with Crippen LogP contribution in [0.5, 0.6) is 11.5 Å². The van der Waals surface area contributed by atoms with E-state index in [0.717, 1.165) is 22.6 Å². The monoisotopic (exact) mass is 454 g/mol. The first kappa shape index (κ1) is 26.2. The second kappa shape index (κ2) is 12.3. The van der Waals surface area contributed by atoms with E-state index in [1.165, 1.54) is 0 Å². The number of aryl methyl sites for hydroxylation is 1. The summed E-state index contributed by atoms with van der Waals surface area (Å²) in [4.78, 5) is 28.0. The minimum Gasteiger partial charge on any atom is -0.497 e. The summed E-state index contributed by atoms with van der Waals surface area (Å²) in [5.74, 6) is 1.32. The van der Waals surface area contributed by atoms with Crippen LogP contribution >= 0.6 is 0 Å². The molecule has 0 aromatic heterocycles. The Balaban J connectivity index is 2.05. The fourth-order valence-corrected chi connectivity index (χ4v) is 3.49. The minimum absolute atomic E-state index is 0.0511. The van der Waals surface area contributed by atoms with Crippen LogP contribution in [0.25, 0.3) is 0 Å². The Hall–Kier alpha value is -3.02. The normalized spacial score (nSPS) is 12.1. The molecule has 0 aliphatic carbocycles. The van der Waals surface area contributed by atoms with E-state index in [1.54, 1.807) is 12.0 Å². The molecule has 0 saturated carbocycles. The van der Waals surface area contributed by atoms with Gasteiger partial charge < -0.3 is 19.7 Å². The van der Waals surface area contributed by atoms with Gasteiger partial charge in [-0.2, -0.15) is 0 Å². The number of carbonyl (C=O) groups excluding carboxylic acids is 2. The molecule has 0 radical (unpaired) electrons. The van der Waals surface area contributed by atoms with Crippen molar-refractivity contribution >= 4 is 11.8 Å². The van der Waals surface area contributed by atoms with Crippen molar-refractivity contribution < 1.29 is 19.1 Å². The first-order valence-electron chi connectivity index (χ1n) is 11.6. The molecule has 0 spiro atoms. The minimum atomic E-state index is -0.527. The van der Waals surface area contributed by atoms with E-state index in [0.29, 0.717) is 32.4 Å². The number of amides is 2. The van der Waals surface area contributed by atoms with Crippen LogP contribution in [-0.2, 0) is 16.1 Å². The molecule has 33 heavy (non-hydrogen) atoms. The van der Waals surface area contributed by atoms with Crippen molar-refractivity contribution in [1.82, 2.24) is 10.2 Å². The zero-order chi connectivity index (χ0) is 24.4. The molecule has 1 atom stereocenters. The molecule has 1 N–H and O–H groups in total. The molecule has 2 amide bonds. The van der Waals surface area contributed by atoms with Gasteiger partial charge in [-0.1, -0.05) is 36.8 Å². The summed E-state index contributed by atoms with van der Waals surface area (Å²) in [6.07, 6.45) is 1.41. The molecule has 0 bridgehead atoms. The van der Waals surface area contributed by atoms with Crippen LogP contribution in [0.2, 0.25) is 0 Å². The van der Waals surface area contributed by atoms with Crippen LogP contribution in [0.1, 0.15) is 58.1 Å². The zero-order valence-electron chi connectivity index (χ0n) is 20.8. The lowest BCUT2D eigenvalue weighted by Gasteiger charge is -2.33. The Kier molecular flexibility index (Phi) is 9.76. The molecule has 2 rings (SSSR count). The number of hydrogen-bond acceptors (Lipinski definition) is 4. The SMILES string of the molecule is CC[C@@H](C(=O)NC(C)(C)C)N(Cc1ccc(C)cc1)C(=O)CCCOc1ccc(OC)cc1. The summed E-state index contributed by atoms with van der Waals surface area (Å²) >= 11 is 0. The van der Waals surface area contributed by atoms with E-state index in [-0.39, 0.29) is 17.4 Å². The predicted molar refractivity (Wildman–Crippen MR) is 131 cm³/mol. The fraction of sp³-hybridized carbons (Fsp3) is 0.481. The second-order valence-electron chi connectivity index (χ2n) is 9.30. The van der Waals surface area contributed by atoms with Gasteiger partial charge >= 0.3 is 0 Å². The number of nitrogens with zero attached hydrogens (tertiary/aromatic N) is 1. The number of methoxy groups -OCH3 is 1. The maximum absolute atomic E-state index is 13.3. The summed E-state index contributed by atoms with van der Waals surface area (Å²) in [5.41, 5.74) is 1.80. The van der Waals surface area contributed by atoms with E-state index < -0.39 is 6.04 Å². The molecule has 0 saturated heterocycles. The molecular weight excluding hydrogens is 416 g/mol. The quantitative estimate of drug-likeness (QED) is 0.491. The average Bonchev–Trinajstić information content (AvgIpc) is 2.77. The molecule has 180 valence electrons. The van der Waals surface area contributed by atoms with E-state index in [1.807, 2.05) is 83.1 Å². The summed E-state index contributed by atoms with van der Waals surface area (Å²) < 4.78 is 10.9. The van der Waals surface area contributed by atoms with Gasteiger partial charge in [-0.05, 0) is 70.4 Å². The van der Waals surface area contributed by atoms with Crippen LogP contribution in [0.15, 0.2) is 48.5 Å². The molecule has 2 aromatic rings. The number of rotatable bonds is 11. The molecule has 0 fully saturated rings. The van der Waals surface area contributed by atoms with Crippen LogP contribution in [-0.4, -0.2) is 42.0 Å². The second-order valence-corrected chi connectivity index (χ2v) is 9.30. The highest BCUT2D eigenvalue weighted by molar-refractivity contribution is 5.88. The first-order chi connectivity index (χ1) is 15.6. The van der Waals surface area contributed by atoms with Crippen molar-refractivity contribution in [3.05, 3.63) is 59.7 Å². The van der Waals surface area contributed by atoms with Crippen LogP contribution in [0, 0.1) is 6.92 Å². The van der Waals surface area contributed by atoms with Crippen LogP contribution in [0.3, 0.4) is 0 Å². The van der Waals surface area contributed by atoms with Crippen LogP contribution in [0.4, 0.5) is 0 Å². The van der Waals surface area contributed by atoms with Crippen molar-refractivity contribution in [3.63, 3.8) is 0 Å². The third-order valence-electron chi connectivity index (χ3n) is 5.22. The number of nitrogens with one attached hydrogen (secondary N) is 1. The van der Waals surface area contributed by atoms with Gasteiger partial charge in [0.2, 0.25) is 11.8 Å². The Morgan fingerprint density at radius 2 is 1.61 bits per heavy atom. The Morgan fingerprint density at radius 1 is 1.00 bits per heavy atom. The van der Waals surface area contributed by atoms with E-state index >= 15 is 0 Å². The number of benzene rings is 2. The highest BCUT2D eigenvalue weighted by Crippen LogP contribution is 2.19. The molecule has 0 aliphatic rings. The average molecular weight is 455 g/mol. The smallest absolute Gasteiger partial charge is 0.243 e. The maximum Gasteiger partial charge on any atom is 0.243 e. The van der Waals surface area contributed by atoms with Gasteiger partial charge in [0, 0.05) is 18.5 Å². The lowest BCUT2D eigenvalue weighted by atomic mass is 10.0. The molecular formula is C27H38N2O4. The number of carbonyl (C=O) groups is 2. The largest absolute Gasteiger partial charge is 0.497 e. The Bertz CT molecular complexity index is 886. The topological polar surface area (TPSA) is 67.9 Å². The molecule has 6 heteroatoms. The summed E-state index contributed by atoms with van der Waals surface area (Å²) in [6, 6.07) is 14.9. The first-order valence-corrected chi connectivity index (χ1v) is 11.6. The number of hydrogen-bond donors (Lipinski definition) is 1. The van der Waals surface area contributed by atoms with Gasteiger partial charge in [-0.15, -0.1) is 0 Å². The predicted octanol–water partition coefficient (Wildman–Crippen LogP) is 4.88. The fourth-order valence-electron chi connectivity index (χ4n) is 3.49. The van der Waals surface area contributed by atoms with Crippen molar-refractivity contribution in [2.75, 3.05) is 13.7 Å². The van der Waals surface area contributed by atoms with E-state index in [9.17, 15) is 9.59 Å². The van der Waals surface area contributed by atoms with Gasteiger partial charge in [0.15, 0.2) is 0 Å². The Morgan fingerprint density at radius 3 is 2.15 bits per heavy atom. The Labute approximate surface area is 198 Å². The lowest BCUT2D eigenvalue weighted by Crippen LogP contribution is -2.53. The van der Waals surface area contributed by atoms with Crippen molar-refractivity contribution in [3.8, 4) is 11.5 Å². The van der Waals surface area contributed by atoms with Crippen molar-refractivity contribution in [2.45, 2.75) is 72.0 Å². The highest BCUT2D eigenvalue weighted by Gasteiger charge is 2.30. The molecule has 6 nitrogen and oxygen atoms in total. The zero-order valence-corrected chi connectivity index (χ0v) is 20.8. The molecule has 0 aliphatic heterocycles. The lowest BCUT2D eigenvalue weighted by molar-refractivity contribution is -0.142. The van der Waals surface area contributed by atoms with Gasteiger partial charge in [0.1, 0.15) is 17.5 Å². The summed E-state index contributed by atoms with van der Waals surface area (Å²) in [6.45, 7) is 10.6. The van der Waals surface area contributed by atoms with Crippen LogP contribution < -0.4 is 14.8 Å². The van der Waals surface area contributed by atoms with Gasteiger partial charge in [0.25, 0.3) is 0 Å². The number of ether oxygens (including phenoxy) is 2. The standard InChI is InChI=1S/C27H38N2O4/c1-7-24(26(31)28-27(3,4)5)29(19-21-12-10-20(2)11-13-21)25(30)9-8-18-33-23-16-14-22(32-6)15-17-23/h10-17,24H,7-9,18-19H2,1-6H3,(H,28,31)/t24-/m0/s1. The maximum atomic E-state index is 13.3.